The van der Waals surface area contributed by atoms with Gasteiger partial charge in [-0.15, -0.1) is 0 Å². The van der Waals surface area contributed by atoms with Crippen molar-refractivity contribution in [2.24, 2.45) is 0 Å². The van der Waals surface area contributed by atoms with Gasteiger partial charge in [-0.3, -0.25) is 0 Å². The fourth-order valence-electron chi connectivity index (χ4n) is 4.36. The standard InChI is InChI=1S/C24H9F18OP/c25-19(26,27)10-4-1-5-11(20(28,29)30)16(10)44(43,17-12(21(31,32)33)6-2-7-13(17)22(34,35)36)18-14(23(37,38)39)8-3-9-15(18)24(40,41)42/h1-9H. The molecule has 0 aliphatic rings. The van der Waals surface area contributed by atoms with Crippen LogP contribution in [0.2, 0.25) is 0 Å². The summed E-state index contributed by atoms with van der Waals surface area (Å²) in [7, 11) is -7.90. The fourth-order valence-corrected chi connectivity index (χ4v) is 8.27. The maximum atomic E-state index is 14.8. The molecule has 0 saturated heterocycles. The topological polar surface area (TPSA) is 17.1 Å². The molecule has 0 N–H and O–H groups in total. The van der Waals surface area contributed by atoms with Crippen molar-refractivity contribution in [2.45, 2.75) is 37.1 Å². The first-order chi connectivity index (χ1) is 19.5. The fraction of sp³-hybridized carbons (Fsp3) is 0.250. The van der Waals surface area contributed by atoms with E-state index in [0.717, 1.165) is 0 Å². The maximum absolute atomic E-state index is 14.8. The second kappa shape index (κ2) is 10.6. The van der Waals surface area contributed by atoms with E-state index in [0.29, 0.717) is 0 Å². The van der Waals surface area contributed by atoms with Crippen molar-refractivity contribution in [1.82, 2.24) is 0 Å². The van der Waals surface area contributed by atoms with E-state index in [1.54, 1.807) is 0 Å². The predicted octanol–water partition coefficient (Wildman–Crippen LogP) is 9.44. The summed E-state index contributed by atoms with van der Waals surface area (Å²) in [4.78, 5) is 0. The van der Waals surface area contributed by atoms with Crippen molar-refractivity contribution in [3.8, 4) is 0 Å². The van der Waals surface area contributed by atoms with Gasteiger partial charge in [0.25, 0.3) is 0 Å². The molecule has 242 valence electrons. The van der Waals surface area contributed by atoms with Crippen LogP contribution in [0.25, 0.3) is 0 Å². The average Bonchev–Trinajstić information content (AvgIpc) is 2.83. The van der Waals surface area contributed by atoms with Gasteiger partial charge in [0.15, 0.2) is 7.14 Å². The average molecular weight is 686 g/mol. The molecule has 0 spiro atoms. The van der Waals surface area contributed by atoms with Crippen LogP contribution >= 0.6 is 7.14 Å². The number of rotatable bonds is 3. The van der Waals surface area contributed by atoms with Gasteiger partial charge in [0.05, 0.1) is 33.4 Å². The highest BCUT2D eigenvalue weighted by atomic mass is 31.2. The maximum Gasteiger partial charge on any atom is 0.417 e. The third kappa shape index (κ3) is 6.38. The van der Waals surface area contributed by atoms with E-state index in [1.807, 2.05) is 0 Å². The largest absolute Gasteiger partial charge is 0.417 e. The molecule has 0 fully saturated rings. The molecular weight excluding hydrogens is 677 g/mol. The van der Waals surface area contributed by atoms with E-state index in [4.69, 9.17) is 0 Å². The van der Waals surface area contributed by atoms with Gasteiger partial charge in [-0.1, -0.05) is 18.2 Å². The summed E-state index contributed by atoms with van der Waals surface area (Å²) in [6.45, 7) is 0. The SMILES string of the molecule is O=P(c1c(C(F)(F)F)cccc1C(F)(F)F)(c1c(C(F)(F)F)cccc1C(F)(F)F)c1c(C(F)(F)F)cccc1C(F)(F)F. The molecule has 0 saturated carbocycles. The number of benzene rings is 3. The Hall–Kier alpha value is -3.37. The second-order valence-electron chi connectivity index (χ2n) is 8.70. The Labute approximate surface area is 232 Å². The summed E-state index contributed by atoms with van der Waals surface area (Å²) in [5.41, 5.74) is -18.1. The van der Waals surface area contributed by atoms with Crippen LogP contribution in [0.5, 0.6) is 0 Å². The number of alkyl halides is 18. The lowest BCUT2D eigenvalue weighted by Crippen LogP contribution is -2.43. The van der Waals surface area contributed by atoms with E-state index in [-0.39, 0.29) is 18.2 Å². The Morgan fingerprint density at radius 2 is 0.455 bits per heavy atom. The molecule has 0 bridgehead atoms. The van der Waals surface area contributed by atoms with Crippen LogP contribution in [0.4, 0.5) is 79.0 Å². The molecule has 0 heterocycles. The lowest BCUT2D eigenvalue weighted by molar-refractivity contribution is -0.142. The molecule has 0 unspecified atom stereocenters. The van der Waals surface area contributed by atoms with Crippen LogP contribution in [0, 0.1) is 0 Å². The van der Waals surface area contributed by atoms with Gasteiger partial charge in [-0.25, -0.2) is 0 Å². The normalized spacial score (nSPS) is 14.2. The van der Waals surface area contributed by atoms with Crippen molar-refractivity contribution in [3.05, 3.63) is 88.0 Å². The third-order valence-corrected chi connectivity index (χ3v) is 9.22. The second-order valence-corrected chi connectivity index (χ2v) is 11.3. The van der Waals surface area contributed by atoms with Gasteiger partial charge in [0.1, 0.15) is 0 Å². The number of hydrogen-bond donors (Lipinski definition) is 0. The smallest absolute Gasteiger partial charge is 0.309 e. The Bertz CT molecular complexity index is 1310. The summed E-state index contributed by atoms with van der Waals surface area (Å²) in [5.74, 6) is 0. The molecule has 20 heteroatoms. The zero-order valence-corrected chi connectivity index (χ0v) is 21.2. The molecule has 3 aromatic rings. The van der Waals surface area contributed by atoms with Gasteiger partial charge in [0.2, 0.25) is 0 Å². The Kier molecular flexibility index (Phi) is 8.47. The summed E-state index contributed by atoms with van der Waals surface area (Å²) in [6.07, 6.45) is -38.1. The molecular formula is C24H9F18OP. The van der Waals surface area contributed by atoms with Crippen molar-refractivity contribution in [1.29, 1.82) is 0 Å². The van der Waals surface area contributed by atoms with E-state index < -0.39 is 130 Å². The molecule has 1 nitrogen and oxygen atoms in total. The molecule has 0 aromatic heterocycles. The van der Waals surface area contributed by atoms with Gasteiger partial charge >= 0.3 is 37.1 Å². The van der Waals surface area contributed by atoms with E-state index in [1.165, 1.54) is 0 Å². The minimum Gasteiger partial charge on any atom is -0.309 e. The summed E-state index contributed by atoms with van der Waals surface area (Å²) < 4.78 is 269. The molecule has 0 aliphatic carbocycles. The zero-order valence-electron chi connectivity index (χ0n) is 20.4. The van der Waals surface area contributed by atoms with Crippen LogP contribution in [0.1, 0.15) is 33.4 Å². The highest BCUT2D eigenvalue weighted by molar-refractivity contribution is 7.85. The highest BCUT2D eigenvalue weighted by Crippen LogP contribution is 2.57. The lowest BCUT2D eigenvalue weighted by atomic mass is 10.1. The van der Waals surface area contributed by atoms with Crippen LogP contribution in [-0.2, 0) is 41.6 Å². The third-order valence-electron chi connectivity index (χ3n) is 5.89. The number of halogens is 18. The number of hydrogen-bond acceptors (Lipinski definition) is 1. The van der Waals surface area contributed by atoms with Gasteiger partial charge < -0.3 is 4.57 Å². The first-order valence-corrected chi connectivity index (χ1v) is 12.7. The predicted molar refractivity (Wildman–Crippen MR) is 116 cm³/mol. The summed E-state index contributed by atoms with van der Waals surface area (Å²) in [5, 5.41) is -9.61. The lowest BCUT2D eigenvalue weighted by Gasteiger charge is -2.33. The minimum atomic E-state index is -7.90. The van der Waals surface area contributed by atoms with Gasteiger partial charge in [-0.2, -0.15) is 79.0 Å². The minimum absolute atomic E-state index is 0.139. The zero-order chi connectivity index (χ0) is 34.1. The first kappa shape index (κ1) is 35.1. The molecule has 3 aromatic carbocycles. The van der Waals surface area contributed by atoms with Crippen LogP contribution < -0.4 is 15.9 Å². The Morgan fingerprint density at radius 3 is 0.568 bits per heavy atom. The van der Waals surface area contributed by atoms with Crippen molar-refractivity contribution < 1.29 is 83.6 Å². The molecule has 0 atom stereocenters. The first-order valence-electron chi connectivity index (χ1n) is 11.0. The molecule has 44 heavy (non-hydrogen) atoms. The van der Waals surface area contributed by atoms with Crippen LogP contribution in [0.15, 0.2) is 54.6 Å². The summed E-state index contributed by atoms with van der Waals surface area (Å²) >= 11 is 0. The van der Waals surface area contributed by atoms with Crippen molar-refractivity contribution >= 4 is 23.1 Å². The molecule has 0 aliphatic heterocycles. The van der Waals surface area contributed by atoms with Crippen LogP contribution in [0.3, 0.4) is 0 Å². The van der Waals surface area contributed by atoms with E-state index in [9.17, 15) is 83.6 Å². The van der Waals surface area contributed by atoms with Crippen LogP contribution in [-0.4, -0.2) is 0 Å². The van der Waals surface area contributed by atoms with E-state index >= 15 is 0 Å². The monoisotopic (exact) mass is 686 g/mol. The quantitative estimate of drug-likeness (QED) is 0.198. The Morgan fingerprint density at radius 1 is 0.318 bits per heavy atom. The van der Waals surface area contributed by atoms with Crippen molar-refractivity contribution in [2.75, 3.05) is 0 Å². The molecule has 3 rings (SSSR count). The Balaban J connectivity index is 3.01. The van der Waals surface area contributed by atoms with Gasteiger partial charge in [0, 0.05) is 15.9 Å². The highest BCUT2D eigenvalue weighted by Gasteiger charge is 2.57. The van der Waals surface area contributed by atoms with Gasteiger partial charge in [-0.05, 0) is 36.4 Å². The summed E-state index contributed by atoms with van der Waals surface area (Å²) in [6, 6.07) is -3.39. The molecule has 0 radical (unpaired) electrons. The van der Waals surface area contributed by atoms with E-state index in [2.05, 4.69) is 0 Å². The molecule has 0 amide bonds. The van der Waals surface area contributed by atoms with Crippen molar-refractivity contribution in [3.63, 3.8) is 0 Å².